The van der Waals surface area contributed by atoms with Crippen LogP contribution in [0.3, 0.4) is 0 Å². The highest BCUT2D eigenvalue weighted by atomic mass is 16.5. The van der Waals surface area contributed by atoms with Crippen LogP contribution in [0.2, 0.25) is 0 Å². The van der Waals surface area contributed by atoms with Gasteiger partial charge >= 0.3 is 11.7 Å². The topological polar surface area (TPSA) is 173 Å². The van der Waals surface area contributed by atoms with Crippen LogP contribution < -0.4 is 22.3 Å². The van der Waals surface area contributed by atoms with Gasteiger partial charge in [0.05, 0.1) is 6.61 Å². The SMILES string of the molecule is CCCCn1c(O)c(C(=N)N)c(=O)n(C2CCC3(CC2)CC(N2C(=O)NC(=O)[C@]2(C)COC)C3)c1=O. The summed E-state index contributed by atoms with van der Waals surface area (Å²) in [5.41, 5.74) is 2.89. The predicted molar refractivity (Wildman–Crippen MR) is 131 cm³/mol. The maximum absolute atomic E-state index is 13.2. The Morgan fingerprint density at radius 1 is 1.19 bits per heavy atom. The number of unbranched alkanes of at least 4 members (excludes halogenated alkanes) is 1. The third-order valence-electron chi connectivity index (χ3n) is 8.32. The van der Waals surface area contributed by atoms with Gasteiger partial charge in [-0.05, 0) is 57.3 Å². The number of nitrogens with two attached hydrogens (primary N) is 1. The summed E-state index contributed by atoms with van der Waals surface area (Å²) in [6.07, 6.45) is 5.58. The van der Waals surface area contributed by atoms with Gasteiger partial charge in [-0.25, -0.2) is 9.59 Å². The van der Waals surface area contributed by atoms with E-state index >= 15 is 0 Å². The lowest BCUT2D eigenvalue weighted by Gasteiger charge is -2.55. The number of imide groups is 1. The molecule has 1 saturated heterocycles. The van der Waals surface area contributed by atoms with E-state index in [0.717, 1.165) is 41.2 Å². The van der Waals surface area contributed by atoms with Crippen LogP contribution in [0, 0.1) is 10.8 Å². The number of carbonyl (C=O) groups is 2. The van der Waals surface area contributed by atoms with Gasteiger partial charge in [-0.2, -0.15) is 0 Å². The number of amidine groups is 1. The monoisotopic (exact) mass is 504 g/mol. The Bertz CT molecular complexity index is 1190. The lowest BCUT2D eigenvalue weighted by Crippen LogP contribution is -2.61. The van der Waals surface area contributed by atoms with Gasteiger partial charge < -0.3 is 20.5 Å². The van der Waals surface area contributed by atoms with Crippen LogP contribution in [0.1, 0.15) is 76.8 Å². The molecule has 198 valence electrons. The fourth-order valence-corrected chi connectivity index (χ4v) is 6.35. The Morgan fingerprint density at radius 3 is 2.39 bits per heavy atom. The van der Waals surface area contributed by atoms with E-state index in [1.807, 2.05) is 6.92 Å². The van der Waals surface area contributed by atoms with Gasteiger partial charge in [0.2, 0.25) is 5.88 Å². The van der Waals surface area contributed by atoms with E-state index in [0.29, 0.717) is 19.3 Å². The molecule has 36 heavy (non-hydrogen) atoms. The minimum Gasteiger partial charge on any atom is -0.494 e. The molecule has 1 aliphatic heterocycles. The summed E-state index contributed by atoms with van der Waals surface area (Å²) in [4.78, 5) is 52.9. The van der Waals surface area contributed by atoms with Crippen molar-refractivity contribution in [3.63, 3.8) is 0 Å². The first kappa shape index (κ1) is 25.9. The zero-order chi connectivity index (χ0) is 26.4. The van der Waals surface area contributed by atoms with Crippen molar-refractivity contribution in [1.29, 1.82) is 5.41 Å². The van der Waals surface area contributed by atoms with E-state index in [1.165, 1.54) is 7.11 Å². The Kier molecular flexibility index (Phi) is 6.76. The van der Waals surface area contributed by atoms with E-state index < -0.39 is 34.5 Å². The molecule has 12 heteroatoms. The van der Waals surface area contributed by atoms with Gasteiger partial charge in [0.1, 0.15) is 16.9 Å². The molecule has 3 fully saturated rings. The van der Waals surface area contributed by atoms with Gasteiger partial charge in [-0.15, -0.1) is 0 Å². The predicted octanol–water partition coefficient (Wildman–Crippen LogP) is 1.02. The molecule has 4 rings (SSSR count). The number of nitrogen functional groups attached to an aromatic ring is 1. The van der Waals surface area contributed by atoms with Crippen molar-refractivity contribution >= 4 is 17.8 Å². The van der Waals surface area contributed by atoms with E-state index in [-0.39, 0.29) is 42.1 Å². The first-order valence-electron chi connectivity index (χ1n) is 12.6. The molecule has 0 radical (unpaired) electrons. The summed E-state index contributed by atoms with van der Waals surface area (Å²) in [6, 6.07) is -0.843. The van der Waals surface area contributed by atoms with Gasteiger partial charge in [0, 0.05) is 25.7 Å². The van der Waals surface area contributed by atoms with Gasteiger partial charge in [-0.3, -0.25) is 29.4 Å². The second-order valence-corrected chi connectivity index (χ2v) is 10.7. The molecular weight excluding hydrogens is 468 g/mol. The molecule has 2 saturated carbocycles. The van der Waals surface area contributed by atoms with Crippen LogP contribution >= 0.6 is 0 Å². The summed E-state index contributed by atoms with van der Waals surface area (Å²) < 4.78 is 7.54. The maximum atomic E-state index is 13.2. The number of ether oxygens (including phenoxy) is 1. The van der Waals surface area contributed by atoms with Crippen molar-refractivity contribution in [2.24, 2.45) is 11.1 Å². The van der Waals surface area contributed by atoms with Gasteiger partial charge in [0.25, 0.3) is 11.5 Å². The number of hydrogen-bond acceptors (Lipinski definition) is 7. The molecule has 12 nitrogen and oxygen atoms in total. The van der Waals surface area contributed by atoms with Crippen LogP contribution in [0.5, 0.6) is 5.88 Å². The zero-order valence-corrected chi connectivity index (χ0v) is 21.1. The molecule has 2 aliphatic carbocycles. The lowest BCUT2D eigenvalue weighted by atomic mass is 9.57. The molecule has 1 aromatic heterocycles. The molecule has 0 aromatic carbocycles. The summed E-state index contributed by atoms with van der Waals surface area (Å²) >= 11 is 0. The molecule has 2 heterocycles. The summed E-state index contributed by atoms with van der Waals surface area (Å²) in [5.74, 6) is -1.47. The minimum atomic E-state index is -1.04. The first-order chi connectivity index (χ1) is 17.0. The Morgan fingerprint density at radius 2 is 1.83 bits per heavy atom. The fourth-order valence-electron chi connectivity index (χ4n) is 6.35. The lowest BCUT2D eigenvalue weighted by molar-refractivity contribution is -0.132. The molecule has 3 amide bonds. The smallest absolute Gasteiger partial charge is 0.334 e. The van der Waals surface area contributed by atoms with Crippen molar-refractivity contribution in [2.45, 2.75) is 89.4 Å². The standard InChI is InChI=1S/C24H36N6O6/c1-4-5-10-28-18(31)16(17(25)26)19(32)29(22(28)35)14-6-8-24(9-7-14)11-15(12-24)30-21(34)27-20(33)23(30,2)13-36-3/h14-15,31H,4-13H2,1-3H3,(H3,25,26)(H,27,33,34)/t14?,15?,23-,24?/m0/s1. The number of aromatic hydroxyl groups is 1. The number of nitrogens with zero attached hydrogens (tertiary/aromatic N) is 3. The molecule has 0 unspecified atom stereocenters. The summed E-state index contributed by atoms with van der Waals surface area (Å²) in [5, 5.41) is 20.7. The highest BCUT2D eigenvalue weighted by Gasteiger charge is 2.58. The number of hydrogen-bond donors (Lipinski definition) is 4. The third-order valence-corrected chi connectivity index (χ3v) is 8.32. The summed E-state index contributed by atoms with van der Waals surface area (Å²) in [6.45, 7) is 4.02. The molecule has 1 aromatic rings. The van der Waals surface area contributed by atoms with Crippen LogP contribution in [0.15, 0.2) is 9.59 Å². The number of methoxy groups -OCH3 is 1. The summed E-state index contributed by atoms with van der Waals surface area (Å²) in [7, 11) is 1.50. The number of nitrogens with one attached hydrogen (secondary N) is 2. The van der Waals surface area contributed by atoms with Crippen molar-refractivity contribution < 1.29 is 19.4 Å². The van der Waals surface area contributed by atoms with Crippen molar-refractivity contribution in [3.05, 3.63) is 26.4 Å². The first-order valence-corrected chi connectivity index (χ1v) is 12.6. The van der Waals surface area contributed by atoms with Crippen LogP contribution in [0.25, 0.3) is 0 Å². The van der Waals surface area contributed by atoms with Crippen LogP contribution in [0.4, 0.5) is 4.79 Å². The number of aromatic nitrogens is 2. The maximum Gasteiger partial charge on any atom is 0.334 e. The Balaban J connectivity index is 1.52. The Labute approximate surface area is 208 Å². The highest BCUT2D eigenvalue weighted by Crippen LogP contribution is 2.56. The average molecular weight is 505 g/mol. The number of amides is 3. The molecule has 0 bridgehead atoms. The van der Waals surface area contributed by atoms with E-state index in [4.69, 9.17) is 15.9 Å². The molecule has 1 spiro atoms. The van der Waals surface area contributed by atoms with Crippen molar-refractivity contribution in [2.75, 3.05) is 13.7 Å². The normalized spacial score (nSPS) is 29.9. The third kappa shape index (κ3) is 4.00. The highest BCUT2D eigenvalue weighted by molar-refractivity contribution is 6.07. The van der Waals surface area contributed by atoms with Crippen molar-refractivity contribution in [3.8, 4) is 5.88 Å². The number of carbonyl (C=O) groups excluding carboxylic acids is 2. The zero-order valence-electron chi connectivity index (χ0n) is 21.1. The molecule has 5 N–H and O–H groups in total. The molecule has 3 aliphatic rings. The fraction of sp³-hybridized carbons (Fsp3) is 0.708. The van der Waals surface area contributed by atoms with E-state index in [1.54, 1.807) is 11.8 Å². The second-order valence-electron chi connectivity index (χ2n) is 10.7. The number of rotatable bonds is 8. The molecular formula is C24H36N6O6. The van der Waals surface area contributed by atoms with Crippen molar-refractivity contribution in [1.82, 2.24) is 19.4 Å². The number of urea groups is 1. The minimum absolute atomic E-state index is 0.0216. The van der Waals surface area contributed by atoms with E-state index in [2.05, 4.69) is 5.32 Å². The van der Waals surface area contributed by atoms with Gasteiger partial charge in [-0.1, -0.05) is 13.3 Å². The molecule has 1 atom stereocenters. The van der Waals surface area contributed by atoms with Crippen LogP contribution in [-0.4, -0.2) is 62.2 Å². The average Bonchev–Trinajstić information content (AvgIpc) is 3.00. The van der Waals surface area contributed by atoms with Crippen LogP contribution in [-0.2, 0) is 16.1 Å². The largest absolute Gasteiger partial charge is 0.494 e. The van der Waals surface area contributed by atoms with Gasteiger partial charge in [0.15, 0.2) is 0 Å². The second kappa shape index (κ2) is 9.38. The van der Waals surface area contributed by atoms with E-state index in [9.17, 15) is 24.3 Å². The quantitative estimate of drug-likeness (QED) is 0.232. The Hall–Kier alpha value is -3.15.